The van der Waals surface area contributed by atoms with Crippen LogP contribution < -0.4 is 14.7 Å². The molecule has 6 aliphatic rings. The Labute approximate surface area is 371 Å². The molecular weight excluding hydrogens is 763 g/mol. The highest BCUT2D eigenvalue weighted by molar-refractivity contribution is 6.09. The highest BCUT2D eigenvalue weighted by Gasteiger charge is 2.45. The molecule has 0 aromatic heterocycles. The number of hydrogen-bond acceptors (Lipinski definition) is 3. The third-order valence-electron chi connectivity index (χ3n) is 15.2. The van der Waals surface area contributed by atoms with E-state index in [4.69, 9.17) is 0 Å². The fourth-order valence-electron chi connectivity index (χ4n) is 12.4. The second-order valence-corrected chi connectivity index (χ2v) is 18.6. The summed E-state index contributed by atoms with van der Waals surface area (Å²) in [6, 6.07) is 53.4. The molecule has 0 amide bonds. The number of fused-ring (bicyclic) bond motifs is 10. The Hall–Kier alpha value is -6.84. The van der Waals surface area contributed by atoms with Gasteiger partial charge >= 0.3 is 0 Å². The van der Waals surface area contributed by atoms with Crippen LogP contribution in [-0.4, -0.2) is 18.6 Å². The van der Waals surface area contributed by atoms with Gasteiger partial charge in [-0.3, -0.25) is 0 Å². The maximum absolute atomic E-state index is 2.65. The van der Waals surface area contributed by atoms with Crippen molar-refractivity contribution >= 4 is 62.1 Å². The van der Waals surface area contributed by atoms with Crippen LogP contribution >= 0.6 is 0 Å². The summed E-state index contributed by atoms with van der Waals surface area (Å²) in [6.45, 7) is 1.13. The van der Waals surface area contributed by atoms with E-state index in [1.165, 1.54) is 117 Å². The molecule has 63 heavy (non-hydrogen) atoms. The standard InChI is InChI=1S/C60H51N3/c1-2-15-46(16-3-1)62-56-18-6-8-20-58(56)63(59-21-9-7-19-57(59)62)48-29-32-50-45(39-48)27-26-44-37-41(24-30-49(44)50)22-23-42-25-31-51-52-33-28-47(61-36-12-14-43-13-4-5-17-55(43)61)40-54(52)60(53(51)38-42)34-10-11-35-60/h1-4,6-9,13,15-16,18-33,37-40,56,58H,5,10-12,14,17,34-36H2/b23-22+. The summed E-state index contributed by atoms with van der Waals surface area (Å²) in [4.78, 5) is 7.69. The number of anilines is 5. The molecule has 0 radical (unpaired) electrons. The van der Waals surface area contributed by atoms with E-state index in [1.807, 2.05) is 0 Å². The van der Waals surface area contributed by atoms with E-state index in [1.54, 1.807) is 22.4 Å². The van der Waals surface area contributed by atoms with Crippen molar-refractivity contribution in [3.05, 3.63) is 210 Å². The topological polar surface area (TPSA) is 9.72 Å². The SMILES string of the molecule is C1=CC2C(C=C1)N(c1ccc3c(ccc4cc(/C=C/c5ccc6c(c5)C5(CCCC5)c5cc(N7CCCC8=C7CCC=C8)ccc5-6)ccc43)c1)c1ccccc1N2c1ccccc1. The highest BCUT2D eigenvalue weighted by atomic mass is 15.3. The number of benzene rings is 7. The average Bonchev–Trinajstić information content (AvgIpc) is 3.95. The zero-order chi connectivity index (χ0) is 41.5. The number of rotatable bonds is 5. The molecule has 1 saturated carbocycles. The van der Waals surface area contributed by atoms with Gasteiger partial charge in [0.15, 0.2) is 0 Å². The van der Waals surface area contributed by atoms with E-state index in [9.17, 15) is 0 Å². The van der Waals surface area contributed by atoms with Crippen molar-refractivity contribution in [2.45, 2.75) is 68.9 Å². The van der Waals surface area contributed by atoms with Gasteiger partial charge in [-0.25, -0.2) is 0 Å². The quantitative estimate of drug-likeness (QED) is 0.127. The van der Waals surface area contributed by atoms with Gasteiger partial charge in [-0.1, -0.05) is 146 Å². The summed E-state index contributed by atoms with van der Waals surface area (Å²) in [5, 5.41) is 5.10. The maximum Gasteiger partial charge on any atom is 0.0769 e. The van der Waals surface area contributed by atoms with Crippen LogP contribution in [0.3, 0.4) is 0 Å². The summed E-state index contributed by atoms with van der Waals surface area (Å²) < 4.78 is 0. The smallest absolute Gasteiger partial charge is 0.0769 e. The molecule has 7 aromatic rings. The molecule has 1 spiro atoms. The van der Waals surface area contributed by atoms with Gasteiger partial charge in [0.05, 0.1) is 23.5 Å². The van der Waals surface area contributed by atoms with Crippen molar-refractivity contribution in [1.82, 2.24) is 0 Å². The van der Waals surface area contributed by atoms with Gasteiger partial charge in [-0.15, -0.1) is 0 Å². The van der Waals surface area contributed by atoms with E-state index < -0.39 is 0 Å². The maximum atomic E-state index is 2.65. The van der Waals surface area contributed by atoms with Crippen LogP contribution in [0, 0.1) is 0 Å². The van der Waals surface area contributed by atoms with Crippen LogP contribution in [0.1, 0.15) is 73.6 Å². The molecule has 3 nitrogen and oxygen atoms in total. The summed E-state index contributed by atoms with van der Waals surface area (Å²) in [5.74, 6) is 0. The van der Waals surface area contributed by atoms with E-state index in [-0.39, 0.29) is 17.5 Å². The molecule has 306 valence electrons. The molecule has 2 atom stereocenters. The summed E-state index contributed by atoms with van der Waals surface area (Å²) in [5.41, 5.74) is 18.1. The van der Waals surface area contributed by atoms with Crippen molar-refractivity contribution in [3.63, 3.8) is 0 Å². The molecule has 3 heteroatoms. The zero-order valence-electron chi connectivity index (χ0n) is 35.8. The lowest BCUT2D eigenvalue weighted by molar-refractivity contribution is 0.549. The Kier molecular flexibility index (Phi) is 8.54. The Balaban J connectivity index is 0.800. The zero-order valence-corrected chi connectivity index (χ0v) is 35.8. The highest BCUT2D eigenvalue weighted by Crippen LogP contribution is 2.58. The average molecular weight is 814 g/mol. The minimum atomic E-state index is 0.125. The van der Waals surface area contributed by atoms with Crippen molar-refractivity contribution in [1.29, 1.82) is 0 Å². The van der Waals surface area contributed by atoms with Gasteiger partial charge in [0, 0.05) is 34.7 Å². The second-order valence-electron chi connectivity index (χ2n) is 18.6. The number of para-hydroxylation sites is 3. The Morgan fingerprint density at radius 1 is 0.524 bits per heavy atom. The van der Waals surface area contributed by atoms with Crippen LogP contribution in [0.5, 0.6) is 0 Å². The van der Waals surface area contributed by atoms with Crippen LogP contribution in [-0.2, 0) is 5.41 Å². The third-order valence-corrected chi connectivity index (χ3v) is 15.2. The third kappa shape index (κ3) is 5.86. The van der Waals surface area contributed by atoms with Crippen LogP contribution in [0.15, 0.2) is 187 Å². The van der Waals surface area contributed by atoms with Crippen LogP contribution in [0.4, 0.5) is 28.4 Å². The van der Waals surface area contributed by atoms with Gasteiger partial charge in [0.2, 0.25) is 0 Å². The van der Waals surface area contributed by atoms with Gasteiger partial charge in [0.25, 0.3) is 0 Å². The lowest BCUT2D eigenvalue weighted by Crippen LogP contribution is -2.52. The number of allylic oxidation sites excluding steroid dienone is 6. The van der Waals surface area contributed by atoms with Gasteiger partial charge < -0.3 is 14.7 Å². The fraction of sp³-hybridized carbons (Fsp3) is 0.200. The normalized spacial score (nSPS) is 20.5. The molecule has 0 saturated heterocycles. The molecule has 1 fully saturated rings. The minimum Gasteiger partial charge on any atom is -0.345 e. The first kappa shape index (κ1) is 36.8. The van der Waals surface area contributed by atoms with E-state index >= 15 is 0 Å². The number of nitrogens with zero attached hydrogens (tertiary/aromatic N) is 3. The second kappa shape index (κ2) is 14.6. The minimum absolute atomic E-state index is 0.125. The first-order chi connectivity index (χ1) is 31.2. The molecular formula is C60H51N3. The van der Waals surface area contributed by atoms with Gasteiger partial charge in [-0.2, -0.15) is 0 Å². The van der Waals surface area contributed by atoms with Crippen molar-refractivity contribution in [2.24, 2.45) is 0 Å². The fourth-order valence-corrected chi connectivity index (χ4v) is 12.4. The first-order valence-electron chi connectivity index (χ1n) is 23.4. The lowest BCUT2D eigenvalue weighted by Gasteiger charge is -2.49. The lowest BCUT2D eigenvalue weighted by atomic mass is 9.76. The molecule has 4 aliphatic carbocycles. The number of hydrogen-bond donors (Lipinski definition) is 0. The monoisotopic (exact) mass is 813 g/mol. The van der Waals surface area contributed by atoms with Crippen molar-refractivity contribution < 1.29 is 0 Å². The van der Waals surface area contributed by atoms with Crippen LogP contribution in [0.2, 0.25) is 0 Å². The molecule has 0 bridgehead atoms. The van der Waals surface area contributed by atoms with E-state index in [0.717, 1.165) is 13.0 Å². The summed E-state index contributed by atoms with van der Waals surface area (Å²) in [6.07, 6.45) is 28.4. The van der Waals surface area contributed by atoms with Gasteiger partial charge in [-0.05, 0) is 154 Å². The predicted molar refractivity (Wildman–Crippen MR) is 267 cm³/mol. The molecule has 2 aliphatic heterocycles. The summed E-state index contributed by atoms with van der Waals surface area (Å²) in [7, 11) is 0. The van der Waals surface area contributed by atoms with Crippen molar-refractivity contribution in [3.8, 4) is 11.1 Å². The van der Waals surface area contributed by atoms with Crippen molar-refractivity contribution in [2.75, 3.05) is 21.2 Å². The Bertz CT molecular complexity index is 3140. The van der Waals surface area contributed by atoms with E-state index in [0.29, 0.717) is 0 Å². The first-order valence-corrected chi connectivity index (χ1v) is 23.4. The summed E-state index contributed by atoms with van der Waals surface area (Å²) >= 11 is 0. The Morgan fingerprint density at radius 2 is 1.16 bits per heavy atom. The molecule has 13 rings (SSSR count). The molecule has 2 unspecified atom stereocenters. The van der Waals surface area contributed by atoms with Crippen LogP contribution in [0.25, 0.3) is 44.8 Å². The Morgan fingerprint density at radius 3 is 1.94 bits per heavy atom. The van der Waals surface area contributed by atoms with Gasteiger partial charge in [0.1, 0.15) is 0 Å². The predicted octanol–water partition coefficient (Wildman–Crippen LogP) is 15.4. The molecule has 2 heterocycles. The molecule has 7 aromatic carbocycles. The molecule has 0 N–H and O–H groups in total. The largest absolute Gasteiger partial charge is 0.345 e. The van der Waals surface area contributed by atoms with E-state index in [2.05, 4.69) is 203 Å².